The molecular formula is C20H20N4O. The topological polar surface area (TPSA) is 60.2 Å². The van der Waals surface area contributed by atoms with Gasteiger partial charge in [-0.25, -0.2) is 4.98 Å². The van der Waals surface area contributed by atoms with Gasteiger partial charge in [-0.05, 0) is 49.7 Å². The van der Waals surface area contributed by atoms with Gasteiger partial charge in [0.1, 0.15) is 5.82 Å². The molecule has 0 bridgehead atoms. The van der Waals surface area contributed by atoms with Crippen molar-refractivity contribution in [1.29, 1.82) is 5.26 Å². The number of anilines is 2. The van der Waals surface area contributed by atoms with Crippen molar-refractivity contribution < 1.29 is 4.79 Å². The van der Waals surface area contributed by atoms with Gasteiger partial charge in [-0.2, -0.15) is 5.26 Å². The molecule has 126 valence electrons. The number of hydrogen-bond donors (Lipinski definition) is 0. The van der Waals surface area contributed by atoms with Crippen LogP contribution in [0.25, 0.3) is 0 Å². The van der Waals surface area contributed by atoms with Crippen LogP contribution in [0.4, 0.5) is 11.5 Å². The molecule has 1 aromatic heterocycles. The Morgan fingerprint density at radius 2 is 1.96 bits per heavy atom. The normalized spacial score (nSPS) is 22.6. The Morgan fingerprint density at radius 3 is 2.68 bits per heavy atom. The van der Waals surface area contributed by atoms with Crippen molar-refractivity contribution in [2.75, 3.05) is 29.4 Å². The fourth-order valence-electron chi connectivity index (χ4n) is 3.96. The van der Waals surface area contributed by atoms with Crippen LogP contribution in [-0.2, 0) is 4.79 Å². The van der Waals surface area contributed by atoms with E-state index < -0.39 is 0 Å². The van der Waals surface area contributed by atoms with Crippen LogP contribution in [-0.4, -0.2) is 30.5 Å². The average Bonchev–Trinajstić information content (AvgIpc) is 3.18. The molecule has 25 heavy (non-hydrogen) atoms. The van der Waals surface area contributed by atoms with Gasteiger partial charge in [0.15, 0.2) is 0 Å². The molecule has 2 aromatic rings. The molecule has 1 spiro atoms. The largest absolute Gasteiger partial charge is 0.356 e. The summed E-state index contributed by atoms with van der Waals surface area (Å²) >= 11 is 0. The first-order chi connectivity index (χ1) is 12.1. The highest BCUT2D eigenvalue weighted by molar-refractivity contribution is 5.96. The van der Waals surface area contributed by atoms with Gasteiger partial charge < -0.3 is 9.80 Å². The number of nitriles is 1. The summed E-state index contributed by atoms with van der Waals surface area (Å²) < 4.78 is 0. The van der Waals surface area contributed by atoms with Crippen molar-refractivity contribution in [2.45, 2.75) is 19.8 Å². The Bertz CT molecular complexity index is 855. The van der Waals surface area contributed by atoms with Crippen molar-refractivity contribution in [3.8, 4) is 6.07 Å². The molecule has 3 heterocycles. The van der Waals surface area contributed by atoms with E-state index in [-0.39, 0.29) is 11.3 Å². The smallest absolute Gasteiger partial charge is 0.227 e. The first-order valence-corrected chi connectivity index (χ1v) is 8.58. The molecule has 2 aliphatic heterocycles. The Morgan fingerprint density at radius 1 is 1.16 bits per heavy atom. The van der Waals surface area contributed by atoms with Gasteiger partial charge in [0, 0.05) is 42.9 Å². The number of pyridine rings is 1. The fraction of sp³-hybridized carbons (Fsp3) is 0.350. The predicted octanol–water partition coefficient (Wildman–Crippen LogP) is 2.90. The quantitative estimate of drug-likeness (QED) is 0.848. The number of nitrogens with zero attached hydrogens (tertiary/aromatic N) is 4. The van der Waals surface area contributed by atoms with Crippen molar-refractivity contribution in [2.24, 2.45) is 5.41 Å². The number of rotatable bonds is 2. The van der Waals surface area contributed by atoms with Gasteiger partial charge in [-0.3, -0.25) is 4.79 Å². The Hall–Kier alpha value is -2.87. The maximum Gasteiger partial charge on any atom is 0.227 e. The molecule has 0 radical (unpaired) electrons. The van der Waals surface area contributed by atoms with Gasteiger partial charge in [-0.15, -0.1) is 0 Å². The summed E-state index contributed by atoms with van der Waals surface area (Å²) in [5.41, 5.74) is 2.51. The summed E-state index contributed by atoms with van der Waals surface area (Å²) in [5.74, 6) is 1.17. The second-order valence-corrected chi connectivity index (χ2v) is 7.12. The number of carbonyl (C=O) groups is 1. The van der Waals surface area contributed by atoms with Crippen LogP contribution in [0.5, 0.6) is 0 Å². The van der Waals surface area contributed by atoms with Gasteiger partial charge in [-0.1, -0.05) is 6.07 Å². The molecule has 1 atom stereocenters. The van der Waals surface area contributed by atoms with E-state index in [4.69, 9.17) is 5.26 Å². The van der Waals surface area contributed by atoms with Crippen LogP contribution < -0.4 is 9.80 Å². The number of hydrogen-bond acceptors (Lipinski definition) is 4. The maximum absolute atomic E-state index is 12.6. The Labute approximate surface area is 147 Å². The summed E-state index contributed by atoms with van der Waals surface area (Å²) in [4.78, 5) is 21.4. The highest BCUT2D eigenvalue weighted by atomic mass is 16.2. The summed E-state index contributed by atoms with van der Waals surface area (Å²) in [6, 6.07) is 15.5. The van der Waals surface area contributed by atoms with E-state index in [0.29, 0.717) is 12.0 Å². The third-order valence-corrected chi connectivity index (χ3v) is 5.26. The fourth-order valence-corrected chi connectivity index (χ4v) is 3.96. The molecule has 2 fully saturated rings. The van der Waals surface area contributed by atoms with Crippen molar-refractivity contribution in [3.05, 3.63) is 53.7 Å². The predicted molar refractivity (Wildman–Crippen MR) is 96.4 cm³/mol. The van der Waals surface area contributed by atoms with E-state index in [2.05, 4.69) is 16.0 Å². The van der Waals surface area contributed by atoms with Gasteiger partial charge >= 0.3 is 0 Å². The zero-order chi connectivity index (χ0) is 17.4. The Balaban J connectivity index is 1.52. The Kier molecular flexibility index (Phi) is 3.69. The van der Waals surface area contributed by atoms with Gasteiger partial charge in [0.2, 0.25) is 5.91 Å². The highest BCUT2D eigenvalue weighted by Crippen LogP contribution is 2.42. The first-order valence-electron chi connectivity index (χ1n) is 8.58. The zero-order valence-electron chi connectivity index (χ0n) is 14.3. The van der Waals surface area contributed by atoms with E-state index in [1.807, 2.05) is 42.2 Å². The van der Waals surface area contributed by atoms with Gasteiger partial charge in [0.05, 0.1) is 11.6 Å². The van der Waals surface area contributed by atoms with Crippen LogP contribution >= 0.6 is 0 Å². The molecule has 0 N–H and O–H groups in total. The van der Waals surface area contributed by atoms with E-state index >= 15 is 0 Å². The molecule has 2 aliphatic rings. The van der Waals surface area contributed by atoms with E-state index in [1.165, 1.54) is 0 Å². The van der Waals surface area contributed by atoms with Crippen LogP contribution in [0, 0.1) is 23.7 Å². The molecule has 1 aromatic carbocycles. The van der Waals surface area contributed by atoms with Crippen molar-refractivity contribution in [1.82, 2.24) is 4.98 Å². The number of amides is 1. The average molecular weight is 332 g/mol. The lowest BCUT2D eigenvalue weighted by atomic mass is 9.86. The zero-order valence-corrected chi connectivity index (χ0v) is 14.3. The maximum atomic E-state index is 12.6. The molecule has 0 aliphatic carbocycles. The lowest BCUT2D eigenvalue weighted by molar-refractivity contribution is -0.117. The van der Waals surface area contributed by atoms with Crippen LogP contribution in [0.15, 0.2) is 42.5 Å². The minimum absolute atomic E-state index is 0.00356. The van der Waals surface area contributed by atoms with Crippen molar-refractivity contribution in [3.63, 3.8) is 0 Å². The summed E-state index contributed by atoms with van der Waals surface area (Å²) in [5, 5.41) is 8.93. The van der Waals surface area contributed by atoms with E-state index in [9.17, 15) is 4.79 Å². The number of carbonyl (C=O) groups excluding carboxylic acids is 1. The van der Waals surface area contributed by atoms with Crippen LogP contribution in [0.2, 0.25) is 0 Å². The lowest BCUT2D eigenvalue weighted by Crippen LogP contribution is -2.31. The SMILES string of the molecule is Cc1cccc(N2CC[C@@]3(CC(=O)N(c4ccc(C#N)cc4)C3)C2)n1. The third kappa shape index (κ3) is 2.85. The summed E-state index contributed by atoms with van der Waals surface area (Å²) in [6.45, 7) is 4.54. The van der Waals surface area contributed by atoms with Crippen LogP contribution in [0.3, 0.4) is 0 Å². The lowest BCUT2D eigenvalue weighted by Gasteiger charge is -2.24. The summed E-state index contributed by atoms with van der Waals surface area (Å²) in [6.07, 6.45) is 1.58. The second-order valence-electron chi connectivity index (χ2n) is 7.12. The van der Waals surface area contributed by atoms with E-state index in [0.717, 1.165) is 43.3 Å². The van der Waals surface area contributed by atoms with Crippen LogP contribution in [0.1, 0.15) is 24.1 Å². The molecule has 4 rings (SSSR count). The molecular weight excluding hydrogens is 312 g/mol. The minimum atomic E-state index is -0.00356. The standard InChI is InChI=1S/C20H20N4O/c1-15-3-2-4-18(22-15)23-10-9-20(13-23)11-19(25)24(14-20)17-7-5-16(12-21)6-8-17/h2-8H,9-11,13-14H2,1H3/t20-/m1/s1. The second kappa shape index (κ2) is 5.89. The first kappa shape index (κ1) is 15.6. The molecule has 0 unspecified atom stereocenters. The molecule has 0 saturated carbocycles. The van der Waals surface area contributed by atoms with E-state index in [1.54, 1.807) is 12.1 Å². The number of benzene rings is 1. The molecule has 1 amide bonds. The minimum Gasteiger partial charge on any atom is -0.356 e. The molecule has 5 heteroatoms. The monoisotopic (exact) mass is 332 g/mol. The molecule has 2 saturated heterocycles. The number of aromatic nitrogens is 1. The van der Waals surface area contributed by atoms with Gasteiger partial charge in [0.25, 0.3) is 0 Å². The molecule has 5 nitrogen and oxygen atoms in total. The highest BCUT2D eigenvalue weighted by Gasteiger charge is 2.48. The third-order valence-electron chi connectivity index (χ3n) is 5.26. The summed E-state index contributed by atoms with van der Waals surface area (Å²) in [7, 11) is 0. The van der Waals surface area contributed by atoms with Crippen molar-refractivity contribution >= 4 is 17.4 Å². The number of aryl methyl sites for hydroxylation is 1.